The minimum atomic E-state index is -0.223. The molecule has 0 atom stereocenters. The van der Waals surface area contributed by atoms with Crippen molar-refractivity contribution in [2.24, 2.45) is 0 Å². The lowest BCUT2D eigenvalue weighted by molar-refractivity contribution is 0.239. The number of benzene rings is 1. The third kappa shape index (κ3) is 4.42. The number of hydrogen-bond acceptors (Lipinski definition) is 2. The molecule has 0 aromatic heterocycles. The second-order valence-electron chi connectivity index (χ2n) is 5.21. The molecule has 1 fully saturated rings. The summed E-state index contributed by atoms with van der Waals surface area (Å²) in [6.07, 6.45) is 0. The molecular formula is C16H20N4O2. The highest BCUT2D eigenvalue weighted by molar-refractivity contribution is 5.94. The van der Waals surface area contributed by atoms with Crippen molar-refractivity contribution >= 4 is 17.7 Å². The maximum atomic E-state index is 11.6. The minimum absolute atomic E-state index is 0.0702. The Labute approximate surface area is 130 Å². The van der Waals surface area contributed by atoms with E-state index in [1.165, 1.54) is 0 Å². The molecule has 6 nitrogen and oxygen atoms in total. The van der Waals surface area contributed by atoms with Crippen LogP contribution < -0.4 is 20.9 Å². The van der Waals surface area contributed by atoms with Gasteiger partial charge in [0, 0.05) is 30.4 Å². The van der Waals surface area contributed by atoms with Gasteiger partial charge >= 0.3 is 12.1 Å². The molecule has 0 bridgehead atoms. The molecule has 116 valence electrons. The number of anilines is 1. The molecule has 4 amide bonds. The van der Waals surface area contributed by atoms with Crippen LogP contribution in [-0.4, -0.2) is 37.7 Å². The number of urea groups is 2. The third-order valence-corrected chi connectivity index (χ3v) is 3.03. The fraction of sp³-hybridized carbons (Fsp3) is 0.375. The maximum Gasteiger partial charge on any atom is 0.321 e. The molecule has 0 aliphatic carbocycles. The Morgan fingerprint density at radius 2 is 2.09 bits per heavy atom. The van der Waals surface area contributed by atoms with E-state index in [-0.39, 0.29) is 24.6 Å². The normalized spacial score (nSPS) is 13.4. The van der Waals surface area contributed by atoms with Crippen LogP contribution in [0.1, 0.15) is 19.4 Å². The van der Waals surface area contributed by atoms with Gasteiger partial charge in [-0.3, -0.25) is 4.90 Å². The molecule has 1 aliphatic heterocycles. The predicted molar refractivity (Wildman–Crippen MR) is 85.7 cm³/mol. The molecule has 0 saturated carbocycles. The first-order valence-electron chi connectivity index (χ1n) is 7.25. The van der Waals surface area contributed by atoms with Crippen LogP contribution in [0.2, 0.25) is 0 Å². The van der Waals surface area contributed by atoms with Gasteiger partial charge in [-0.05, 0) is 38.1 Å². The predicted octanol–water partition coefficient (Wildman–Crippen LogP) is 1.28. The summed E-state index contributed by atoms with van der Waals surface area (Å²) >= 11 is 0. The summed E-state index contributed by atoms with van der Waals surface area (Å²) in [4.78, 5) is 24.6. The van der Waals surface area contributed by atoms with E-state index in [9.17, 15) is 9.59 Å². The second kappa shape index (κ2) is 7.36. The summed E-state index contributed by atoms with van der Waals surface area (Å²) in [5.74, 6) is 5.86. The zero-order chi connectivity index (χ0) is 15.9. The van der Waals surface area contributed by atoms with Crippen LogP contribution in [0.15, 0.2) is 24.3 Å². The summed E-state index contributed by atoms with van der Waals surface area (Å²) < 4.78 is 0. The molecule has 1 aromatic carbocycles. The van der Waals surface area contributed by atoms with Crippen molar-refractivity contribution in [2.75, 3.05) is 24.5 Å². The van der Waals surface area contributed by atoms with Gasteiger partial charge in [0.2, 0.25) is 0 Å². The Kier molecular flexibility index (Phi) is 5.26. The van der Waals surface area contributed by atoms with Gasteiger partial charge in [-0.1, -0.05) is 11.8 Å². The zero-order valence-electron chi connectivity index (χ0n) is 12.8. The fourth-order valence-corrected chi connectivity index (χ4v) is 2.03. The van der Waals surface area contributed by atoms with Crippen LogP contribution in [0.5, 0.6) is 0 Å². The van der Waals surface area contributed by atoms with Gasteiger partial charge in [0.05, 0.1) is 6.54 Å². The number of nitrogens with zero attached hydrogens (tertiary/aromatic N) is 1. The molecule has 0 radical (unpaired) electrons. The van der Waals surface area contributed by atoms with Crippen molar-refractivity contribution in [1.82, 2.24) is 16.0 Å². The van der Waals surface area contributed by atoms with E-state index >= 15 is 0 Å². The summed E-state index contributed by atoms with van der Waals surface area (Å²) in [5, 5.41) is 8.15. The molecule has 6 heteroatoms. The lowest BCUT2D eigenvalue weighted by Crippen LogP contribution is -2.39. The third-order valence-electron chi connectivity index (χ3n) is 3.03. The van der Waals surface area contributed by atoms with Gasteiger partial charge in [-0.2, -0.15) is 0 Å². The monoisotopic (exact) mass is 300 g/mol. The average molecular weight is 300 g/mol. The van der Waals surface area contributed by atoms with Crippen molar-refractivity contribution in [1.29, 1.82) is 0 Å². The first kappa shape index (κ1) is 15.7. The maximum absolute atomic E-state index is 11.6. The minimum Gasteiger partial charge on any atom is -0.336 e. The lowest BCUT2D eigenvalue weighted by atomic mass is 10.2. The van der Waals surface area contributed by atoms with Gasteiger partial charge in [-0.15, -0.1) is 0 Å². The highest BCUT2D eigenvalue weighted by Crippen LogP contribution is 2.16. The van der Waals surface area contributed by atoms with Crippen molar-refractivity contribution < 1.29 is 9.59 Å². The number of amides is 4. The van der Waals surface area contributed by atoms with Crippen molar-refractivity contribution in [3.05, 3.63) is 29.8 Å². The van der Waals surface area contributed by atoms with Crippen molar-refractivity contribution in [2.45, 2.75) is 19.9 Å². The summed E-state index contributed by atoms with van der Waals surface area (Å²) in [5.41, 5.74) is 1.70. The van der Waals surface area contributed by atoms with Gasteiger partial charge in [0.1, 0.15) is 0 Å². The zero-order valence-corrected chi connectivity index (χ0v) is 12.8. The van der Waals surface area contributed by atoms with E-state index in [0.717, 1.165) is 11.3 Å². The van der Waals surface area contributed by atoms with E-state index in [0.29, 0.717) is 13.1 Å². The standard InChI is InChI=1S/C16H20N4O2/c1-12(2)19-15(21)17-9-3-4-13-5-7-14(8-6-13)20-11-10-18-16(20)22/h5-8,12H,9-11H2,1-2H3,(H,18,22)(H2,17,19,21). The largest absolute Gasteiger partial charge is 0.336 e. The number of hydrogen-bond donors (Lipinski definition) is 3. The molecule has 0 spiro atoms. The number of carbonyl (C=O) groups is 2. The Bertz CT molecular complexity index is 599. The lowest BCUT2D eigenvalue weighted by Gasteiger charge is -2.13. The number of rotatable bonds is 3. The van der Waals surface area contributed by atoms with Gasteiger partial charge in [0.15, 0.2) is 0 Å². The Morgan fingerprint density at radius 1 is 1.36 bits per heavy atom. The molecule has 2 rings (SSSR count). The quantitative estimate of drug-likeness (QED) is 0.736. The van der Waals surface area contributed by atoms with Gasteiger partial charge in [-0.25, -0.2) is 9.59 Å². The summed E-state index contributed by atoms with van der Waals surface area (Å²) in [7, 11) is 0. The molecule has 0 unspecified atom stereocenters. The summed E-state index contributed by atoms with van der Waals surface area (Å²) in [6, 6.07) is 7.27. The second-order valence-corrected chi connectivity index (χ2v) is 5.21. The Balaban J connectivity index is 1.85. The summed E-state index contributed by atoms with van der Waals surface area (Å²) in [6.45, 7) is 5.43. The smallest absolute Gasteiger partial charge is 0.321 e. The molecule has 22 heavy (non-hydrogen) atoms. The van der Waals surface area contributed by atoms with Crippen LogP contribution in [-0.2, 0) is 0 Å². The van der Waals surface area contributed by atoms with E-state index in [4.69, 9.17) is 0 Å². The Hall–Kier alpha value is -2.68. The highest BCUT2D eigenvalue weighted by Gasteiger charge is 2.20. The number of carbonyl (C=O) groups excluding carboxylic acids is 2. The topological polar surface area (TPSA) is 73.5 Å². The average Bonchev–Trinajstić information content (AvgIpc) is 2.90. The van der Waals surface area contributed by atoms with Gasteiger partial charge < -0.3 is 16.0 Å². The molecular weight excluding hydrogens is 280 g/mol. The van der Waals surface area contributed by atoms with Crippen LogP contribution in [0.4, 0.5) is 15.3 Å². The van der Waals surface area contributed by atoms with Crippen molar-refractivity contribution in [3.63, 3.8) is 0 Å². The van der Waals surface area contributed by atoms with Crippen molar-refractivity contribution in [3.8, 4) is 11.8 Å². The van der Waals surface area contributed by atoms with Crippen LogP contribution in [0, 0.1) is 11.8 Å². The Morgan fingerprint density at radius 3 is 2.68 bits per heavy atom. The fourth-order valence-electron chi connectivity index (χ4n) is 2.03. The van der Waals surface area contributed by atoms with Crippen LogP contribution in [0.25, 0.3) is 0 Å². The molecule has 1 aliphatic rings. The highest BCUT2D eigenvalue weighted by atomic mass is 16.2. The van der Waals surface area contributed by atoms with Crippen LogP contribution >= 0.6 is 0 Å². The van der Waals surface area contributed by atoms with Gasteiger partial charge in [0.25, 0.3) is 0 Å². The van der Waals surface area contributed by atoms with E-state index in [1.807, 2.05) is 38.1 Å². The molecule has 1 aromatic rings. The SMILES string of the molecule is CC(C)NC(=O)NCC#Cc1ccc(N2CCNC2=O)cc1. The van der Waals surface area contributed by atoms with E-state index < -0.39 is 0 Å². The molecule has 1 saturated heterocycles. The number of nitrogens with one attached hydrogen (secondary N) is 3. The molecule has 1 heterocycles. The first-order chi connectivity index (χ1) is 10.6. The molecule has 3 N–H and O–H groups in total. The first-order valence-corrected chi connectivity index (χ1v) is 7.25. The van der Waals surface area contributed by atoms with Crippen LogP contribution in [0.3, 0.4) is 0 Å². The van der Waals surface area contributed by atoms with E-state index in [1.54, 1.807) is 4.90 Å². The van der Waals surface area contributed by atoms with E-state index in [2.05, 4.69) is 27.8 Å².